The van der Waals surface area contributed by atoms with Gasteiger partial charge in [0.05, 0.1) is 34.2 Å². The molecule has 0 aliphatic heterocycles. The Balaban J connectivity index is 1.88. The highest BCUT2D eigenvalue weighted by molar-refractivity contribution is 7.89. The summed E-state index contributed by atoms with van der Waals surface area (Å²) >= 11 is 6.61. The van der Waals surface area contributed by atoms with Crippen LogP contribution in [0, 0.1) is 0 Å². The molecule has 0 radical (unpaired) electrons. The summed E-state index contributed by atoms with van der Waals surface area (Å²) < 4.78 is 71.4. The summed E-state index contributed by atoms with van der Waals surface area (Å²) in [5.41, 5.74) is 0.680. The molecule has 0 fully saturated rings. The minimum Gasteiger partial charge on any atom is -0.491 e. The third kappa shape index (κ3) is 5.72. The highest BCUT2D eigenvalue weighted by atomic mass is 35.5. The standard InChI is InChI=1S/C25H21ClF3N3O4S/c1-14(2)36-18-8-6-17(7-9-18)32-21-11-4-15(20-10-5-16(13-30-20)25(27,28)29)12-19(21)22(26)23(32)24(33)31-37(3,34)35/h4-14H,1-3H3,(H,31,33). The summed E-state index contributed by atoms with van der Waals surface area (Å²) in [5, 5.41) is 0.342. The molecule has 0 saturated carbocycles. The fourth-order valence-electron chi connectivity index (χ4n) is 3.78. The average molecular weight is 552 g/mol. The highest BCUT2D eigenvalue weighted by Gasteiger charge is 2.31. The van der Waals surface area contributed by atoms with Crippen molar-refractivity contribution in [2.75, 3.05) is 6.26 Å². The second-order valence-corrected chi connectivity index (χ2v) is 10.7. The van der Waals surface area contributed by atoms with Crippen LogP contribution in [0.15, 0.2) is 60.8 Å². The van der Waals surface area contributed by atoms with Crippen LogP contribution in [0.5, 0.6) is 5.75 Å². The molecule has 0 unspecified atom stereocenters. The van der Waals surface area contributed by atoms with Gasteiger partial charge in [0.25, 0.3) is 5.91 Å². The van der Waals surface area contributed by atoms with E-state index in [1.54, 1.807) is 42.5 Å². The highest BCUT2D eigenvalue weighted by Crippen LogP contribution is 2.37. The maximum absolute atomic E-state index is 13.0. The molecule has 12 heteroatoms. The van der Waals surface area contributed by atoms with Gasteiger partial charge in [-0.15, -0.1) is 0 Å². The number of carbonyl (C=O) groups excluding carboxylic acids is 1. The monoisotopic (exact) mass is 551 g/mol. The van der Waals surface area contributed by atoms with Gasteiger partial charge in [0.1, 0.15) is 11.4 Å². The summed E-state index contributed by atoms with van der Waals surface area (Å²) in [6.07, 6.45) is -3.00. The molecule has 0 saturated heterocycles. The molecule has 0 atom stereocenters. The lowest BCUT2D eigenvalue weighted by Crippen LogP contribution is -2.31. The number of nitrogens with zero attached hydrogens (tertiary/aromatic N) is 2. The van der Waals surface area contributed by atoms with Crippen molar-refractivity contribution in [2.45, 2.75) is 26.1 Å². The van der Waals surface area contributed by atoms with Crippen molar-refractivity contribution < 1.29 is 31.1 Å². The molecule has 0 aliphatic rings. The maximum Gasteiger partial charge on any atom is 0.417 e. The molecular formula is C25H21ClF3N3O4S. The Hall–Kier alpha value is -3.57. The number of sulfonamides is 1. The van der Waals surface area contributed by atoms with E-state index in [2.05, 4.69) is 4.98 Å². The molecule has 4 rings (SSSR count). The average Bonchev–Trinajstić information content (AvgIpc) is 3.09. The summed E-state index contributed by atoms with van der Waals surface area (Å²) in [4.78, 5) is 16.9. The molecule has 1 N–H and O–H groups in total. The van der Waals surface area contributed by atoms with Crippen LogP contribution >= 0.6 is 11.6 Å². The number of hydrogen-bond donors (Lipinski definition) is 1. The lowest BCUT2D eigenvalue weighted by molar-refractivity contribution is -0.137. The van der Waals surface area contributed by atoms with Gasteiger partial charge in [-0.1, -0.05) is 17.7 Å². The predicted molar refractivity (Wildman–Crippen MR) is 135 cm³/mol. The van der Waals surface area contributed by atoms with E-state index < -0.39 is 27.7 Å². The van der Waals surface area contributed by atoms with Crippen LogP contribution in [0.25, 0.3) is 27.8 Å². The fourth-order valence-corrected chi connectivity index (χ4v) is 4.53. The molecule has 2 heterocycles. The number of rotatable bonds is 6. The van der Waals surface area contributed by atoms with Crippen molar-refractivity contribution in [3.63, 3.8) is 0 Å². The van der Waals surface area contributed by atoms with Crippen LogP contribution in [0.1, 0.15) is 29.9 Å². The Bertz CT molecular complexity index is 1580. The number of ether oxygens (including phenoxy) is 1. The van der Waals surface area contributed by atoms with Crippen LogP contribution in [0.2, 0.25) is 5.02 Å². The van der Waals surface area contributed by atoms with Gasteiger partial charge in [0, 0.05) is 22.8 Å². The van der Waals surface area contributed by atoms with E-state index in [9.17, 15) is 26.4 Å². The number of halogens is 4. The molecule has 0 aliphatic carbocycles. The van der Waals surface area contributed by atoms with Gasteiger partial charge < -0.3 is 9.30 Å². The van der Waals surface area contributed by atoms with E-state index in [1.807, 2.05) is 18.6 Å². The molecule has 194 valence electrons. The second-order valence-electron chi connectivity index (χ2n) is 8.52. The third-order valence-corrected chi connectivity index (χ3v) is 6.19. The summed E-state index contributed by atoms with van der Waals surface area (Å²) in [6.45, 7) is 3.76. The van der Waals surface area contributed by atoms with Crippen molar-refractivity contribution in [1.29, 1.82) is 0 Å². The SMILES string of the molecule is CC(C)Oc1ccc(-n2c(C(=O)NS(C)(=O)=O)c(Cl)c3cc(-c4ccc(C(F)(F)F)cn4)ccc32)cc1. The lowest BCUT2D eigenvalue weighted by Gasteiger charge is -2.13. The summed E-state index contributed by atoms with van der Waals surface area (Å²) in [6, 6.07) is 13.8. The van der Waals surface area contributed by atoms with Crippen molar-refractivity contribution in [3.8, 4) is 22.7 Å². The van der Waals surface area contributed by atoms with Crippen molar-refractivity contribution >= 4 is 38.4 Å². The van der Waals surface area contributed by atoms with Crippen LogP contribution in [0.3, 0.4) is 0 Å². The van der Waals surface area contributed by atoms with E-state index in [-0.39, 0.29) is 22.5 Å². The topological polar surface area (TPSA) is 90.3 Å². The first-order chi connectivity index (χ1) is 17.2. The predicted octanol–water partition coefficient (Wildman–Crippen LogP) is 5.84. The molecule has 2 aromatic heterocycles. The van der Waals surface area contributed by atoms with Gasteiger partial charge in [-0.3, -0.25) is 9.78 Å². The zero-order valence-electron chi connectivity index (χ0n) is 19.8. The number of benzene rings is 2. The molecular weight excluding hydrogens is 531 g/mol. The third-order valence-electron chi connectivity index (χ3n) is 5.25. The molecule has 2 aromatic carbocycles. The number of amides is 1. The quantitative estimate of drug-likeness (QED) is 0.325. The Morgan fingerprint density at radius 2 is 1.76 bits per heavy atom. The van der Waals surface area contributed by atoms with E-state index in [1.165, 1.54) is 10.6 Å². The normalized spacial score (nSPS) is 12.2. The zero-order valence-corrected chi connectivity index (χ0v) is 21.4. The molecule has 37 heavy (non-hydrogen) atoms. The number of carbonyl (C=O) groups is 1. The number of fused-ring (bicyclic) bond motifs is 1. The Morgan fingerprint density at radius 3 is 2.30 bits per heavy atom. The number of hydrogen-bond acceptors (Lipinski definition) is 5. The largest absolute Gasteiger partial charge is 0.491 e. The van der Waals surface area contributed by atoms with Gasteiger partial charge in [-0.05, 0) is 62.4 Å². The first-order valence-corrected chi connectivity index (χ1v) is 13.2. The van der Waals surface area contributed by atoms with Crippen LogP contribution in [-0.4, -0.2) is 36.2 Å². The molecule has 7 nitrogen and oxygen atoms in total. The number of aromatic nitrogens is 2. The molecule has 0 spiro atoms. The Kier molecular flexibility index (Phi) is 6.95. The van der Waals surface area contributed by atoms with Gasteiger partial charge in [-0.2, -0.15) is 13.2 Å². The Morgan fingerprint density at radius 1 is 1.08 bits per heavy atom. The molecule has 0 bridgehead atoms. The van der Waals surface area contributed by atoms with E-state index in [4.69, 9.17) is 16.3 Å². The van der Waals surface area contributed by atoms with E-state index in [0.717, 1.165) is 18.5 Å². The summed E-state index contributed by atoms with van der Waals surface area (Å²) in [7, 11) is -3.91. The van der Waals surface area contributed by atoms with Crippen molar-refractivity contribution in [2.24, 2.45) is 0 Å². The number of pyridine rings is 1. The van der Waals surface area contributed by atoms with Crippen molar-refractivity contribution in [3.05, 3.63) is 77.1 Å². The van der Waals surface area contributed by atoms with Gasteiger partial charge in [-0.25, -0.2) is 13.1 Å². The minimum atomic E-state index is -4.52. The zero-order chi connectivity index (χ0) is 27.1. The number of nitrogens with one attached hydrogen (secondary N) is 1. The second kappa shape index (κ2) is 9.71. The van der Waals surface area contributed by atoms with Crippen LogP contribution < -0.4 is 9.46 Å². The maximum atomic E-state index is 13.0. The van der Waals surface area contributed by atoms with E-state index in [0.29, 0.717) is 27.9 Å². The van der Waals surface area contributed by atoms with Crippen molar-refractivity contribution in [1.82, 2.24) is 14.3 Å². The van der Waals surface area contributed by atoms with E-state index >= 15 is 0 Å². The van der Waals surface area contributed by atoms with Crippen LogP contribution in [0.4, 0.5) is 13.2 Å². The number of alkyl halides is 3. The summed E-state index contributed by atoms with van der Waals surface area (Å²) in [5.74, 6) is -0.348. The van der Waals surface area contributed by atoms with Gasteiger partial charge >= 0.3 is 6.18 Å². The smallest absolute Gasteiger partial charge is 0.417 e. The Labute approximate surface area is 215 Å². The minimum absolute atomic E-state index is 0.0348. The molecule has 4 aromatic rings. The first-order valence-electron chi connectivity index (χ1n) is 10.9. The van der Waals surface area contributed by atoms with Gasteiger partial charge in [0.15, 0.2) is 0 Å². The first kappa shape index (κ1) is 26.5. The van der Waals surface area contributed by atoms with Crippen LogP contribution in [-0.2, 0) is 16.2 Å². The molecule has 1 amide bonds. The van der Waals surface area contributed by atoms with Gasteiger partial charge in [0.2, 0.25) is 10.0 Å². The fraction of sp³-hybridized carbons (Fsp3) is 0.200. The lowest BCUT2D eigenvalue weighted by atomic mass is 10.1.